The summed E-state index contributed by atoms with van der Waals surface area (Å²) >= 11 is 5.14. The zero-order valence-electron chi connectivity index (χ0n) is 10.7. The van der Waals surface area contributed by atoms with Crippen LogP contribution in [0.2, 0.25) is 0 Å². The van der Waals surface area contributed by atoms with Crippen LogP contribution in [0.3, 0.4) is 0 Å². The van der Waals surface area contributed by atoms with Crippen LogP contribution in [-0.4, -0.2) is 17.6 Å². The van der Waals surface area contributed by atoms with Crippen LogP contribution in [0, 0.1) is 0 Å². The molecule has 0 bridgehead atoms. The monoisotopic (exact) mass is 273 g/mol. The molecule has 0 spiro atoms. The molecule has 2 aromatic rings. The van der Waals surface area contributed by atoms with Gasteiger partial charge in [-0.05, 0) is 29.8 Å². The molecular formula is C15H15NO2S. The average Bonchev–Trinajstić information content (AvgIpc) is 2.38. The summed E-state index contributed by atoms with van der Waals surface area (Å²) in [5.74, 6) is -0.305. The van der Waals surface area contributed by atoms with Crippen LogP contribution in [0.15, 0.2) is 42.5 Å². The topological polar surface area (TPSA) is 38.3 Å². The molecule has 0 aliphatic heterocycles. The lowest BCUT2D eigenvalue weighted by molar-refractivity contribution is -0.141. The zero-order chi connectivity index (χ0) is 13.7. The zero-order valence-corrected chi connectivity index (χ0v) is 11.5. The molecule has 0 radical (unpaired) electrons. The number of nitrogens with one attached hydrogen (secondary N) is 1. The van der Waals surface area contributed by atoms with E-state index in [2.05, 4.69) is 11.4 Å². The first-order valence-electron chi connectivity index (χ1n) is 6.13. The number of esters is 1. The molecule has 0 unspecified atom stereocenters. The van der Waals surface area contributed by atoms with Crippen LogP contribution in [-0.2, 0) is 9.53 Å². The smallest absolute Gasteiger partial charge is 0.312 e. The second kappa shape index (κ2) is 6.29. The Kier molecular flexibility index (Phi) is 4.47. The number of carbonyl (C=O) groups excluding carboxylic acids is 1. The first kappa shape index (κ1) is 13.5. The third-order valence-corrected chi connectivity index (χ3v) is 2.89. The number of anilines is 1. The van der Waals surface area contributed by atoms with Gasteiger partial charge in [0.25, 0.3) is 0 Å². The number of benzene rings is 2. The molecule has 0 fully saturated rings. The van der Waals surface area contributed by atoms with Crippen molar-refractivity contribution in [3.05, 3.63) is 42.5 Å². The molecule has 0 atom stereocenters. The third kappa shape index (κ3) is 3.76. The van der Waals surface area contributed by atoms with Gasteiger partial charge in [0, 0.05) is 5.69 Å². The summed E-state index contributed by atoms with van der Waals surface area (Å²) in [5.41, 5.74) is 0.882. The van der Waals surface area contributed by atoms with Crippen molar-refractivity contribution in [2.75, 3.05) is 11.9 Å². The molecule has 0 heterocycles. The molecule has 0 aliphatic carbocycles. The quantitative estimate of drug-likeness (QED) is 0.683. The van der Waals surface area contributed by atoms with Crippen molar-refractivity contribution in [2.45, 2.75) is 13.3 Å². The molecule has 19 heavy (non-hydrogen) atoms. The van der Waals surface area contributed by atoms with Crippen LogP contribution < -0.4 is 5.32 Å². The van der Waals surface area contributed by atoms with E-state index in [4.69, 9.17) is 17.0 Å². The Morgan fingerprint density at radius 2 is 1.95 bits per heavy atom. The highest BCUT2D eigenvalue weighted by Crippen LogP contribution is 2.19. The standard InChI is InChI=1S/C15H15NO2S/c1-2-18-15(17)10-14(19)16-13-8-7-11-5-3-4-6-12(11)9-13/h3-9H,2,10H2,1H3,(H,16,19). The molecule has 0 aliphatic rings. The average molecular weight is 273 g/mol. The molecule has 98 valence electrons. The van der Waals surface area contributed by atoms with Crippen molar-refractivity contribution in [2.24, 2.45) is 0 Å². The van der Waals surface area contributed by atoms with E-state index in [-0.39, 0.29) is 12.4 Å². The highest BCUT2D eigenvalue weighted by atomic mass is 32.1. The summed E-state index contributed by atoms with van der Waals surface area (Å²) in [5, 5.41) is 5.36. The fourth-order valence-corrected chi connectivity index (χ4v) is 2.05. The van der Waals surface area contributed by atoms with Crippen molar-refractivity contribution in [1.29, 1.82) is 0 Å². The van der Waals surface area contributed by atoms with E-state index in [0.29, 0.717) is 11.6 Å². The number of fused-ring (bicyclic) bond motifs is 1. The van der Waals surface area contributed by atoms with Gasteiger partial charge >= 0.3 is 5.97 Å². The Hall–Kier alpha value is -1.94. The second-order valence-corrected chi connectivity index (χ2v) is 4.58. The van der Waals surface area contributed by atoms with Gasteiger partial charge in [0.1, 0.15) is 0 Å². The van der Waals surface area contributed by atoms with Crippen LogP contribution in [0.1, 0.15) is 13.3 Å². The summed E-state index contributed by atoms with van der Waals surface area (Å²) < 4.78 is 4.85. The maximum Gasteiger partial charge on any atom is 0.312 e. The minimum absolute atomic E-state index is 0.107. The highest BCUT2D eigenvalue weighted by molar-refractivity contribution is 7.80. The molecule has 2 aromatic carbocycles. The van der Waals surface area contributed by atoms with Crippen LogP contribution in [0.25, 0.3) is 10.8 Å². The minimum Gasteiger partial charge on any atom is -0.466 e. The van der Waals surface area contributed by atoms with Crippen molar-refractivity contribution < 1.29 is 9.53 Å². The molecule has 3 nitrogen and oxygen atoms in total. The van der Waals surface area contributed by atoms with E-state index >= 15 is 0 Å². The van der Waals surface area contributed by atoms with Gasteiger partial charge in [-0.2, -0.15) is 0 Å². The van der Waals surface area contributed by atoms with E-state index in [0.717, 1.165) is 11.1 Å². The Morgan fingerprint density at radius 3 is 2.68 bits per heavy atom. The van der Waals surface area contributed by atoms with Gasteiger partial charge in [-0.15, -0.1) is 0 Å². The van der Waals surface area contributed by atoms with Gasteiger partial charge < -0.3 is 10.1 Å². The predicted octanol–water partition coefficient (Wildman–Crippen LogP) is 3.53. The lowest BCUT2D eigenvalue weighted by Crippen LogP contribution is -2.16. The number of hydrogen-bond acceptors (Lipinski definition) is 3. The molecule has 4 heteroatoms. The summed E-state index contributed by atoms with van der Waals surface area (Å²) in [7, 11) is 0. The molecule has 0 amide bonds. The number of ether oxygens (including phenoxy) is 1. The van der Waals surface area contributed by atoms with Gasteiger partial charge in [-0.1, -0.05) is 42.5 Å². The van der Waals surface area contributed by atoms with E-state index in [9.17, 15) is 4.79 Å². The Morgan fingerprint density at radius 1 is 1.21 bits per heavy atom. The van der Waals surface area contributed by atoms with Crippen LogP contribution in [0.4, 0.5) is 5.69 Å². The fraction of sp³-hybridized carbons (Fsp3) is 0.200. The van der Waals surface area contributed by atoms with Crippen molar-refractivity contribution in [1.82, 2.24) is 0 Å². The Balaban J connectivity index is 2.04. The van der Waals surface area contributed by atoms with E-state index < -0.39 is 0 Å². The van der Waals surface area contributed by atoms with Crippen molar-refractivity contribution >= 4 is 39.6 Å². The predicted molar refractivity (Wildman–Crippen MR) is 81.4 cm³/mol. The van der Waals surface area contributed by atoms with Crippen molar-refractivity contribution in [3.8, 4) is 0 Å². The minimum atomic E-state index is -0.305. The SMILES string of the molecule is CCOC(=O)CC(=S)Nc1ccc2ccccc2c1. The van der Waals surface area contributed by atoms with Crippen LogP contribution >= 0.6 is 12.2 Å². The maximum atomic E-state index is 11.3. The van der Waals surface area contributed by atoms with Crippen molar-refractivity contribution in [3.63, 3.8) is 0 Å². The van der Waals surface area contributed by atoms with Gasteiger partial charge in [0.05, 0.1) is 18.0 Å². The third-order valence-electron chi connectivity index (χ3n) is 2.64. The molecule has 1 N–H and O–H groups in total. The number of thiocarbonyl (C=S) groups is 1. The maximum absolute atomic E-state index is 11.3. The Labute approximate surface area is 117 Å². The molecule has 0 saturated carbocycles. The van der Waals surface area contributed by atoms with Gasteiger partial charge in [-0.25, -0.2) is 0 Å². The second-order valence-electron chi connectivity index (χ2n) is 4.09. The van der Waals surface area contributed by atoms with E-state index in [1.54, 1.807) is 6.92 Å². The highest BCUT2D eigenvalue weighted by Gasteiger charge is 2.07. The molecular weight excluding hydrogens is 258 g/mol. The van der Waals surface area contributed by atoms with E-state index in [1.807, 2.05) is 36.4 Å². The molecule has 0 aromatic heterocycles. The molecule has 0 saturated heterocycles. The van der Waals surface area contributed by atoms with Gasteiger partial charge in [0.15, 0.2) is 0 Å². The molecule has 2 rings (SSSR count). The number of carbonyl (C=O) groups is 1. The summed E-state index contributed by atoms with van der Waals surface area (Å²) in [4.78, 5) is 11.8. The lowest BCUT2D eigenvalue weighted by Gasteiger charge is -2.08. The number of rotatable bonds is 4. The summed E-state index contributed by atoms with van der Waals surface area (Å²) in [6, 6.07) is 14.0. The van der Waals surface area contributed by atoms with Gasteiger partial charge in [0.2, 0.25) is 0 Å². The van der Waals surface area contributed by atoms with Gasteiger partial charge in [-0.3, -0.25) is 4.79 Å². The normalized spacial score (nSPS) is 10.2. The van der Waals surface area contributed by atoms with Crippen LogP contribution in [0.5, 0.6) is 0 Å². The Bertz CT molecular complexity index is 610. The number of hydrogen-bond donors (Lipinski definition) is 1. The lowest BCUT2D eigenvalue weighted by atomic mass is 10.1. The first-order valence-corrected chi connectivity index (χ1v) is 6.54. The summed E-state index contributed by atoms with van der Waals surface area (Å²) in [6.45, 7) is 2.15. The fourth-order valence-electron chi connectivity index (χ4n) is 1.82. The largest absolute Gasteiger partial charge is 0.466 e. The summed E-state index contributed by atoms with van der Waals surface area (Å²) in [6.07, 6.45) is 0.107. The van der Waals surface area contributed by atoms with E-state index in [1.165, 1.54) is 5.39 Å². The first-order chi connectivity index (χ1) is 9.19.